The molecule has 17 unspecified atom stereocenters. The van der Waals surface area contributed by atoms with Crippen molar-refractivity contribution in [1.29, 1.82) is 0 Å². The van der Waals surface area contributed by atoms with Gasteiger partial charge in [-0.3, -0.25) is 0 Å². The smallest absolute Gasteiger partial charge is 0.335 e. The van der Waals surface area contributed by atoms with Crippen LogP contribution in [0, 0.1) is 22.7 Å². The number of ether oxygens (including phenoxy) is 4. The highest BCUT2D eigenvalue weighted by atomic mass is 16.7. The Morgan fingerprint density at radius 1 is 0.780 bits per heavy atom. The van der Waals surface area contributed by atoms with Gasteiger partial charge in [0.1, 0.15) is 48.8 Å². The third-order valence-electron chi connectivity index (χ3n) is 13.7. The summed E-state index contributed by atoms with van der Waals surface area (Å²) in [5.41, 5.74) is 0.496. The van der Waals surface area contributed by atoms with E-state index in [1.807, 2.05) is 6.07 Å². The maximum Gasteiger partial charge on any atom is 0.335 e. The molecule has 17 atom stereocenters. The summed E-state index contributed by atoms with van der Waals surface area (Å²) >= 11 is 0. The highest BCUT2D eigenvalue weighted by molar-refractivity contribution is 5.31. The molecule has 50 heavy (non-hydrogen) atoms. The normalized spacial score (nSPS) is 50.6. The van der Waals surface area contributed by atoms with Crippen LogP contribution in [0.3, 0.4) is 0 Å². The van der Waals surface area contributed by atoms with Crippen molar-refractivity contribution in [3.63, 3.8) is 0 Å². The van der Waals surface area contributed by atoms with Crippen molar-refractivity contribution < 1.29 is 64.2 Å². The lowest BCUT2D eigenvalue weighted by molar-refractivity contribution is -0.361. The second kappa shape index (κ2) is 13.6. The van der Waals surface area contributed by atoms with Crippen molar-refractivity contribution in [3.8, 4) is 0 Å². The molecule has 0 radical (unpaired) electrons. The molecule has 1 aromatic rings. The zero-order valence-corrected chi connectivity index (χ0v) is 28.5. The average Bonchev–Trinajstić information content (AvgIpc) is 3.39. The van der Waals surface area contributed by atoms with Gasteiger partial charge in [0.25, 0.3) is 0 Å². The number of aliphatic hydroxyl groups excluding tert-OH is 7. The monoisotopic (exact) mass is 708 g/mol. The third-order valence-corrected chi connectivity index (χ3v) is 13.7. The van der Waals surface area contributed by atoms with E-state index in [4.69, 9.17) is 23.4 Å². The maximum atomic E-state index is 12.5. The Hall–Kier alpha value is -1.79. The quantitative estimate of drug-likeness (QED) is 0.172. The van der Waals surface area contributed by atoms with Gasteiger partial charge in [-0.1, -0.05) is 25.5 Å². The van der Waals surface area contributed by atoms with Crippen LogP contribution in [0.15, 0.2) is 39.3 Å². The molecule has 0 spiro atoms. The Morgan fingerprint density at radius 3 is 2.18 bits per heavy atom. The number of allylic oxidation sites excluding steroid dienone is 1. The van der Waals surface area contributed by atoms with Crippen LogP contribution < -0.4 is 5.63 Å². The van der Waals surface area contributed by atoms with E-state index in [0.29, 0.717) is 12.8 Å². The molecule has 0 aromatic carbocycles. The molecular weight excluding hydrogens is 656 g/mol. The first-order chi connectivity index (χ1) is 23.8. The minimum atomic E-state index is -1.74. The summed E-state index contributed by atoms with van der Waals surface area (Å²) < 4.78 is 28.4. The van der Waals surface area contributed by atoms with Crippen molar-refractivity contribution in [1.82, 2.24) is 0 Å². The summed E-state index contributed by atoms with van der Waals surface area (Å²) in [5.74, 6) is 0.492. The molecular formula is C36H52O14. The number of aliphatic hydroxyl groups is 8. The van der Waals surface area contributed by atoms with Gasteiger partial charge in [-0.05, 0) is 86.2 Å². The number of hydrogen-bond donors (Lipinski definition) is 8. The number of fused-ring (bicyclic) bond motifs is 5. The van der Waals surface area contributed by atoms with Gasteiger partial charge in [-0.2, -0.15) is 0 Å². The Morgan fingerprint density at radius 2 is 1.48 bits per heavy atom. The van der Waals surface area contributed by atoms with Gasteiger partial charge < -0.3 is 64.2 Å². The molecule has 14 heteroatoms. The Balaban J connectivity index is 1.03. The molecule has 0 amide bonds. The van der Waals surface area contributed by atoms with E-state index in [0.717, 1.165) is 44.1 Å². The summed E-state index contributed by atoms with van der Waals surface area (Å²) in [6, 6.07) is 3.30. The summed E-state index contributed by atoms with van der Waals surface area (Å²) in [5, 5.41) is 84.9. The van der Waals surface area contributed by atoms with Crippen LogP contribution >= 0.6 is 0 Å². The lowest BCUT2D eigenvalue weighted by Crippen LogP contribution is -2.65. The molecule has 0 bridgehead atoms. The fourth-order valence-corrected chi connectivity index (χ4v) is 10.7. The zero-order chi connectivity index (χ0) is 35.7. The van der Waals surface area contributed by atoms with Crippen molar-refractivity contribution in [2.45, 2.75) is 144 Å². The molecule has 7 rings (SSSR count). The van der Waals surface area contributed by atoms with Gasteiger partial charge in [-0.25, -0.2) is 4.79 Å². The van der Waals surface area contributed by atoms with Crippen molar-refractivity contribution in [3.05, 3.63) is 46.0 Å². The SMILES string of the molecule is CC12CCC(OC3OC(CO)C(OC4OC(CO)C(O)C(O)C4O)C(O)C3O)C=C1CCC1C2CCC2(C)C(c3ccc(=O)oc3)CCC12O. The standard InChI is InChI=1S/C36H52O14/c1-34-10-7-19(47-32-30(44)28(42)31(24(15-38)49-32)50-33-29(43)27(41)26(40)23(14-37)48-33)13-18(34)4-5-22-21(34)8-11-35(2)20(9-12-36(22,35)45)17-3-6-25(39)46-16-17/h3,6,13,16,19-24,26-33,37-38,40-45H,4-5,7-12,14-15H2,1-2H3. The Bertz CT molecular complexity index is 1440. The van der Waals surface area contributed by atoms with Gasteiger partial charge in [0, 0.05) is 11.5 Å². The fourth-order valence-electron chi connectivity index (χ4n) is 10.7. The maximum absolute atomic E-state index is 12.5. The average molecular weight is 709 g/mol. The Kier molecular flexibility index (Phi) is 9.92. The number of hydrogen-bond acceptors (Lipinski definition) is 14. The molecule has 2 aliphatic heterocycles. The first-order valence-corrected chi connectivity index (χ1v) is 18.0. The second-order valence-electron chi connectivity index (χ2n) is 15.9. The fraction of sp³-hybridized carbons (Fsp3) is 0.806. The molecule has 3 heterocycles. The van der Waals surface area contributed by atoms with E-state index in [1.165, 1.54) is 11.6 Å². The predicted molar refractivity (Wildman–Crippen MR) is 172 cm³/mol. The molecule has 14 nitrogen and oxygen atoms in total. The van der Waals surface area contributed by atoms with Gasteiger partial charge in [0.05, 0.1) is 31.2 Å². The van der Waals surface area contributed by atoms with E-state index < -0.39 is 86.3 Å². The van der Waals surface area contributed by atoms with Crippen molar-refractivity contribution >= 4 is 0 Å². The molecule has 280 valence electrons. The van der Waals surface area contributed by atoms with Gasteiger partial charge in [0.15, 0.2) is 12.6 Å². The van der Waals surface area contributed by atoms with Crippen LogP contribution in [0.2, 0.25) is 0 Å². The van der Waals surface area contributed by atoms with E-state index in [9.17, 15) is 45.6 Å². The summed E-state index contributed by atoms with van der Waals surface area (Å²) in [7, 11) is 0. The van der Waals surface area contributed by atoms with E-state index in [-0.39, 0.29) is 34.2 Å². The third kappa shape index (κ3) is 5.75. The van der Waals surface area contributed by atoms with Crippen molar-refractivity contribution in [2.75, 3.05) is 13.2 Å². The molecule has 1 aromatic heterocycles. The first kappa shape index (κ1) is 36.6. The van der Waals surface area contributed by atoms with Gasteiger partial charge in [-0.15, -0.1) is 0 Å². The van der Waals surface area contributed by atoms with Crippen LogP contribution in [0.5, 0.6) is 0 Å². The van der Waals surface area contributed by atoms with E-state index in [1.54, 1.807) is 6.26 Å². The van der Waals surface area contributed by atoms with E-state index in [2.05, 4.69) is 19.9 Å². The van der Waals surface area contributed by atoms with Crippen LogP contribution in [0.25, 0.3) is 0 Å². The predicted octanol–water partition coefficient (Wildman–Crippen LogP) is -0.190. The second-order valence-corrected chi connectivity index (χ2v) is 15.9. The molecule has 5 fully saturated rings. The highest BCUT2D eigenvalue weighted by Crippen LogP contribution is 2.70. The molecule has 3 saturated carbocycles. The van der Waals surface area contributed by atoms with Gasteiger partial charge >= 0.3 is 5.63 Å². The Labute approximate surface area is 290 Å². The minimum absolute atomic E-state index is 0.105. The number of rotatable bonds is 7. The van der Waals surface area contributed by atoms with Crippen molar-refractivity contribution in [2.24, 2.45) is 22.7 Å². The molecule has 8 N–H and O–H groups in total. The lowest BCUT2D eigenvalue weighted by atomic mass is 9.45. The molecule has 6 aliphatic rings. The zero-order valence-electron chi connectivity index (χ0n) is 28.5. The van der Waals surface area contributed by atoms with Crippen LogP contribution in [0.1, 0.15) is 76.7 Å². The summed E-state index contributed by atoms with van der Waals surface area (Å²) in [4.78, 5) is 11.6. The molecule has 4 aliphatic carbocycles. The topological polar surface area (TPSA) is 229 Å². The lowest BCUT2D eigenvalue weighted by Gasteiger charge is -2.62. The minimum Gasteiger partial charge on any atom is -0.431 e. The highest BCUT2D eigenvalue weighted by Gasteiger charge is 2.67. The summed E-state index contributed by atoms with van der Waals surface area (Å²) in [6.45, 7) is 3.17. The first-order valence-electron chi connectivity index (χ1n) is 18.0. The van der Waals surface area contributed by atoms with Crippen LogP contribution in [-0.4, -0.2) is 127 Å². The van der Waals surface area contributed by atoms with Crippen LogP contribution in [0.4, 0.5) is 0 Å². The largest absolute Gasteiger partial charge is 0.431 e. The van der Waals surface area contributed by atoms with E-state index >= 15 is 0 Å². The summed E-state index contributed by atoms with van der Waals surface area (Å²) in [6.07, 6.45) is -5.51. The molecule has 2 saturated heterocycles. The van der Waals surface area contributed by atoms with Gasteiger partial charge in [0.2, 0.25) is 0 Å². The van der Waals surface area contributed by atoms with Crippen LogP contribution in [-0.2, 0) is 18.9 Å².